The van der Waals surface area contributed by atoms with E-state index in [1.165, 1.54) is 24.8 Å². The van der Waals surface area contributed by atoms with Crippen LogP contribution in [0.4, 0.5) is 5.69 Å². The minimum Gasteiger partial charge on any atom is -0.497 e. The Morgan fingerprint density at radius 2 is 2.00 bits per heavy atom. The molecule has 0 atom stereocenters. The average molecular weight is 281 g/mol. The molecule has 3 rings (SSSR count). The number of methoxy groups -OCH3 is 1. The minimum absolute atomic E-state index is 0.0485. The molecule has 3 nitrogen and oxygen atoms in total. The highest BCUT2D eigenvalue weighted by molar-refractivity contribution is 6.12. The van der Waals surface area contributed by atoms with E-state index in [1.807, 2.05) is 18.2 Å². The lowest BCUT2D eigenvalue weighted by Gasteiger charge is -2.26. The van der Waals surface area contributed by atoms with Crippen LogP contribution in [0.3, 0.4) is 0 Å². The Morgan fingerprint density at radius 3 is 2.67 bits per heavy atom. The van der Waals surface area contributed by atoms with Crippen molar-refractivity contribution in [3.05, 3.63) is 59.2 Å². The zero-order chi connectivity index (χ0) is 14.8. The Bertz CT molecular complexity index is 675. The molecule has 3 heteroatoms. The highest BCUT2D eigenvalue weighted by Gasteiger charge is 2.21. The SMILES string of the molecule is COc1ccc(N)c(C(=O)c2cccc(C3CCC3)c2)c1. The van der Waals surface area contributed by atoms with Gasteiger partial charge in [0.05, 0.1) is 7.11 Å². The van der Waals surface area contributed by atoms with Gasteiger partial charge in [-0.25, -0.2) is 0 Å². The van der Waals surface area contributed by atoms with Crippen LogP contribution in [0.2, 0.25) is 0 Å². The normalized spacial score (nSPS) is 14.5. The van der Waals surface area contributed by atoms with Crippen LogP contribution in [0, 0.1) is 0 Å². The standard InChI is InChI=1S/C18H19NO2/c1-21-15-8-9-17(19)16(11-15)18(20)14-7-3-6-13(10-14)12-4-2-5-12/h3,6-12H,2,4-5,19H2,1H3. The Labute approximate surface area is 124 Å². The topological polar surface area (TPSA) is 52.3 Å². The smallest absolute Gasteiger partial charge is 0.195 e. The Balaban J connectivity index is 1.94. The Hall–Kier alpha value is -2.29. The molecule has 0 bridgehead atoms. The van der Waals surface area contributed by atoms with Crippen LogP contribution in [-0.4, -0.2) is 12.9 Å². The fraction of sp³-hybridized carbons (Fsp3) is 0.278. The Morgan fingerprint density at radius 1 is 1.19 bits per heavy atom. The van der Waals surface area contributed by atoms with Crippen molar-refractivity contribution in [1.82, 2.24) is 0 Å². The number of benzene rings is 2. The number of carbonyl (C=O) groups excluding carboxylic acids is 1. The van der Waals surface area contributed by atoms with Crippen molar-refractivity contribution in [2.24, 2.45) is 0 Å². The summed E-state index contributed by atoms with van der Waals surface area (Å²) in [6.07, 6.45) is 3.73. The molecule has 2 aromatic rings. The highest BCUT2D eigenvalue weighted by Crippen LogP contribution is 2.36. The van der Waals surface area contributed by atoms with E-state index in [0.29, 0.717) is 28.5 Å². The molecule has 1 aliphatic carbocycles. The van der Waals surface area contributed by atoms with Crippen molar-refractivity contribution in [1.29, 1.82) is 0 Å². The fourth-order valence-electron chi connectivity index (χ4n) is 2.69. The van der Waals surface area contributed by atoms with Crippen molar-refractivity contribution in [2.45, 2.75) is 25.2 Å². The maximum absolute atomic E-state index is 12.7. The second kappa shape index (κ2) is 5.60. The number of ketones is 1. The summed E-state index contributed by atoms with van der Waals surface area (Å²) in [5.74, 6) is 1.20. The number of hydrogen-bond acceptors (Lipinski definition) is 3. The van der Waals surface area contributed by atoms with E-state index in [-0.39, 0.29) is 5.78 Å². The molecule has 0 aliphatic heterocycles. The van der Waals surface area contributed by atoms with Crippen molar-refractivity contribution in [2.75, 3.05) is 12.8 Å². The van der Waals surface area contributed by atoms with Crippen molar-refractivity contribution in [3.8, 4) is 5.75 Å². The number of rotatable bonds is 4. The monoisotopic (exact) mass is 281 g/mol. The second-order valence-corrected chi connectivity index (χ2v) is 5.54. The van der Waals surface area contributed by atoms with E-state index < -0.39 is 0 Å². The molecule has 2 aromatic carbocycles. The van der Waals surface area contributed by atoms with Crippen LogP contribution < -0.4 is 10.5 Å². The predicted octanol–water partition coefficient (Wildman–Crippen LogP) is 3.78. The largest absolute Gasteiger partial charge is 0.497 e. The quantitative estimate of drug-likeness (QED) is 0.685. The first kappa shape index (κ1) is 13.7. The molecule has 108 valence electrons. The third-order valence-electron chi connectivity index (χ3n) is 4.23. The average Bonchev–Trinajstić information content (AvgIpc) is 2.46. The minimum atomic E-state index is -0.0485. The molecule has 1 saturated carbocycles. The van der Waals surface area contributed by atoms with E-state index in [4.69, 9.17) is 10.5 Å². The molecular weight excluding hydrogens is 262 g/mol. The zero-order valence-electron chi connectivity index (χ0n) is 12.1. The first-order valence-electron chi connectivity index (χ1n) is 7.27. The van der Waals surface area contributed by atoms with Crippen LogP contribution in [0.5, 0.6) is 5.75 Å². The molecule has 2 N–H and O–H groups in total. The number of hydrogen-bond donors (Lipinski definition) is 1. The maximum atomic E-state index is 12.7. The summed E-state index contributed by atoms with van der Waals surface area (Å²) in [5.41, 5.74) is 8.87. The summed E-state index contributed by atoms with van der Waals surface area (Å²) >= 11 is 0. The lowest BCUT2D eigenvalue weighted by molar-refractivity contribution is 0.103. The van der Waals surface area contributed by atoms with Gasteiger partial charge in [-0.1, -0.05) is 24.6 Å². The summed E-state index contributed by atoms with van der Waals surface area (Å²) in [6.45, 7) is 0. The molecule has 0 amide bonds. The molecule has 0 heterocycles. The van der Waals surface area contributed by atoms with Gasteiger partial charge in [-0.05, 0) is 48.6 Å². The molecule has 0 unspecified atom stereocenters. The summed E-state index contributed by atoms with van der Waals surface area (Å²) < 4.78 is 5.18. The molecule has 0 radical (unpaired) electrons. The van der Waals surface area contributed by atoms with E-state index >= 15 is 0 Å². The summed E-state index contributed by atoms with van der Waals surface area (Å²) in [4.78, 5) is 12.7. The number of anilines is 1. The van der Waals surface area contributed by atoms with Gasteiger partial charge in [-0.2, -0.15) is 0 Å². The lowest BCUT2D eigenvalue weighted by atomic mass is 9.79. The molecule has 1 fully saturated rings. The van der Waals surface area contributed by atoms with Gasteiger partial charge in [0, 0.05) is 16.8 Å². The van der Waals surface area contributed by atoms with Gasteiger partial charge in [-0.3, -0.25) is 4.79 Å². The number of carbonyl (C=O) groups is 1. The number of ether oxygens (including phenoxy) is 1. The number of nitrogen functional groups attached to an aromatic ring is 1. The highest BCUT2D eigenvalue weighted by atomic mass is 16.5. The second-order valence-electron chi connectivity index (χ2n) is 5.54. The van der Waals surface area contributed by atoms with Gasteiger partial charge in [0.15, 0.2) is 5.78 Å². The zero-order valence-corrected chi connectivity index (χ0v) is 12.1. The molecule has 0 aromatic heterocycles. The number of nitrogens with two attached hydrogens (primary N) is 1. The predicted molar refractivity (Wildman–Crippen MR) is 83.9 cm³/mol. The molecular formula is C18H19NO2. The maximum Gasteiger partial charge on any atom is 0.195 e. The lowest BCUT2D eigenvalue weighted by Crippen LogP contribution is -2.11. The third-order valence-corrected chi connectivity index (χ3v) is 4.23. The van der Waals surface area contributed by atoms with E-state index in [9.17, 15) is 4.79 Å². The van der Waals surface area contributed by atoms with Crippen LogP contribution in [0.25, 0.3) is 0 Å². The molecule has 1 aliphatic rings. The molecule has 0 saturated heterocycles. The van der Waals surface area contributed by atoms with Gasteiger partial charge in [-0.15, -0.1) is 0 Å². The van der Waals surface area contributed by atoms with E-state index in [2.05, 4.69) is 6.07 Å². The third kappa shape index (κ3) is 2.64. The molecule has 21 heavy (non-hydrogen) atoms. The van der Waals surface area contributed by atoms with Gasteiger partial charge in [0.1, 0.15) is 5.75 Å². The van der Waals surface area contributed by atoms with Crippen molar-refractivity contribution < 1.29 is 9.53 Å². The van der Waals surface area contributed by atoms with Gasteiger partial charge >= 0.3 is 0 Å². The van der Waals surface area contributed by atoms with Gasteiger partial charge in [0.2, 0.25) is 0 Å². The van der Waals surface area contributed by atoms with Crippen molar-refractivity contribution >= 4 is 11.5 Å². The first-order valence-corrected chi connectivity index (χ1v) is 7.27. The van der Waals surface area contributed by atoms with Crippen LogP contribution in [0.1, 0.15) is 46.7 Å². The summed E-state index contributed by atoms with van der Waals surface area (Å²) in [6, 6.07) is 13.1. The molecule has 0 spiro atoms. The summed E-state index contributed by atoms with van der Waals surface area (Å²) in [7, 11) is 1.58. The van der Waals surface area contributed by atoms with Crippen molar-refractivity contribution in [3.63, 3.8) is 0 Å². The first-order chi connectivity index (χ1) is 10.2. The van der Waals surface area contributed by atoms with Gasteiger partial charge in [0.25, 0.3) is 0 Å². The van der Waals surface area contributed by atoms with Crippen LogP contribution in [-0.2, 0) is 0 Å². The van der Waals surface area contributed by atoms with E-state index in [1.54, 1.807) is 25.3 Å². The fourth-order valence-corrected chi connectivity index (χ4v) is 2.69. The van der Waals surface area contributed by atoms with Gasteiger partial charge < -0.3 is 10.5 Å². The Kier molecular flexibility index (Phi) is 3.65. The van der Waals surface area contributed by atoms with E-state index in [0.717, 1.165) is 0 Å². The van der Waals surface area contributed by atoms with Crippen LogP contribution in [0.15, 0.2) is 42.5 Å². The van der Waals surface area contributed by atoms with Crippen LogP contribution >= 0.6 is 0 Å². The summed E-state index contributed by atoms with van der Waals surface area (Å²) in [5, 5.41) is 0.